The second kappa shape index (κ2) is 2.50. The maximum absolute atomic E-state index is 11.2. The van der Waals surface area contributed by atoms with Crippen molar-refractivity contribution in [3.63, 3.8) is 0 Å². The normalized spacial score (nSPS) is 41.1. The molecule has 1 saturated heterocycles. The van der Waals surface area contributed by atoms with Gasteiger partial charge in [-0.15, -0.1) is 0 Å². The van der Waals surface area contributed by atoms with E-state index < -0.39 is 11.9 Å². The minimum absolute atomic E-state index is 0.135. The molecule has 2 rings (SSSR count). The molecule has 2 aliphatic rings. The molecule has 1 aliphatic heterocycles. The van der Waals surface area contributed by atoms with E-state index in [1.807, 2.05) is 13.8 Å². The molecule has 0 spiro atoms. The second-order valence-corrected chi connectivity index (χ2v) is 6.17. The molecule has 0 amide bonds. The summed E-state index contributed by atoms with van der Waals surface area (Å²) in [6, 6.07) is 0. The van der Waals surface area contributed by atoms with Gasteiger partial charge in [0, 0.05) is 22.3 Å². The Hall–Kier alpha value is -0.510. The quantitative estimate of drug-likeness (QED) is 0.690. The molecular formula is C9H12O3S. The summed E-state index contributed by atoms with van der Waals surface area (Å²) in [5, 5.41) is 9.29. The molecular weight excluding hydrogens is 188 g/mol. The fourth-order valence-electron chi connectivity index (χ4n) is 2.37. The van der Waals surface area contributed by atoms with Gasteiger partial charge < -0.3 is 5.11 Å². The van der Waals surface area contributed by atoms with Crippen molar-refractivity contribution in [2.45, 2.75) is 30.3 Å². The molecule has 3 unspecified atom stereocenters. The summed E-state index contributed by atoms with van der Waals surface area (Å²) in [7, 11) is 0. The summed E-state index contributed by atoms with van der Waals surface area (Å²) >= 11 is 1.66. The van der Waals surface area contributed by atoms with Gasteiger partial charge in [0.2, 0.25) is 0 Å². The van der Waals surface area contributed by atoms with Gasteiger partial charge in [0.1, 0.15) is 5.78 Å². The zero-order valence-electron chi connectivity index (χ0n) is 7.61. The molecule has 1 saturated carbocycles. The first-order chi connectivity index (χ1) is 5.93. The number of carboxylic acids is 1. The molecule has 1 aliphatic carbocycles. The highest BCUT2D eigenvalue weighted by Gasteiger charge is 2.60. The van der Waals surface area contributed by atoms with Crippen LogP contribution in [0.1, 0.15) is 20.3 Å². The van der Waals surface area contributed by atoms with Crippen molar-refractivity contribution in [1.82, 2.24) is 0 Å². The van der Waals surface area contributed by atoms with Gasteiger partial charge in [-0.1, -0.05) is 0 Å². The summed E-state index contributed by atoms with van der Waals surface area (Å²) in [4.78, 5) is 22.2. The number of rotatable bonds is 1. The lowest BCUT2D eigenvalue weighted by Gasteiger charge is -2.30. The number of carbonyl (C=O) groups excluding carboxylic acids is 1. The molecule has 3 nitrogen and oxygen atoms in total. The van der Waals surface area contributed by atoms with E-state index in [1.165, 1.54) is 0 Å². The molecule has 1 N–H and O–H groups in total. The summed E-state index contributed by atoms with van der Waals surface area (Å²) in [6.07, 6.45) is 0.572. The van der Waals surface area contributed by atoms with Crippen LogP contribution in [0.2, 0.25) is 0 Å². The first kappa shape index (κ1) is 9.06. The number of aliphatic carboxylic acids is 1. The molecule has 13 heavy (non-hydrogen) atoms. The molecule has 0 bridgehead atoms. The Labute approximate surface area is 80.9 Å². The number of thioether (sulfide) groups is 1. The van der Waals surface area contributed by atoms with Crippen molar-refractivity contribution in [1.29, 1.82) is 0 Å². The number of carboxylic acid groups (broad SMARTS) is 1. The zero-order valence-corrected chi connectivity index (χ0v) is 8.43. The first-order valence-electron chi connectivity index (χ1n) is 4.37. The monoisotopic (exact) mass is 200 g/mol. The van der Waals surface area contributed by atoms with Crippen LogP contribution in [-0.2, 0) is 9.59 Å². The summed E-state index contributed by atoms with van der Waals surface area (Å²) < 4.78 is -0.284. The second-order valence-electron chi connectivity index (χ2n) is 4.27. The lowest BCUT2D eigenvalue weighted by Crippen LogP contribution is -2.44. The number of hydrogen-bond acceptors (Lipinski definition) is 3. The third kappa shape index (κ3) is 1.11. The van der Waals surface area contributed by atoms with Gasteiger partial charge in [0.15, 0.2) is 0 Å². The Morgan fingerprint density at radius 3 is 2.62 bits per heavy atom. The first-order valence-corrected chi connectivity index (χ1v) is 5.25. The third-order valence-corrected chi connectivity index (χ3v) is 4.63. The fourth-order valence-corrected chi connectivity index (χ4v) is 4.25. The van der Waals surface area contributed by atoms with E-state index >= 15 is 0 Å². The Morgan fingerprint density at radius 2 is 2.23 bits per heavy atom. The SMILES string of the molecule is CC1(C)SC2CC(=O)C2C1C(=O)O. The summed E-state index contributed by atoms with van der Waals surface area (Å²) in [5.74, 6) is -1.38. The van der Waals surface area contributed by atoms with Gasteiger partial charge in [-0.2, -0.15) is 11.8 Å². The highest BCUT2D eigenvalue weighted by Crippen LogP contribution is 2.57. The molecule has 0 aromatic rings. The van der Waals surface area contributed by atoms with Crippen molar-refractivity contribution in [3.05, 3.63) is 0 Å². The zero-order chi connectivity index (χ0) is 9.80. The molecule has 0 radical (unpaired) electrons. The maximum atomic E-state index is 11.2. The fraction of sp³-hybridized carbons (Fsp3) is 0.778. The Morgan fingerprint density at radius 1 is 1.62 bits per heavy atom. The number of ketones is 1. The molecule has 4 heteroatoms. The molecule has 3 atom stereocenters. The predicted octanol–water partition coefficient (Wildman–Crippen LogP) is 1.17. The Bertz CT molecular complexity index is 285. The minimum atomic E-state index is -0.821. The lowest BCUT2D eigenvalue weighted by molar-refractivity contribution is -0.149. The van der Waals surface area contributed by atoms with Crippen molar-refractivity contribution in [2.75, 3.05) is 0 Å². The van der Waals surface area contributed by atoms with E-state index in [1.54, 1.807) is 11.8 Å². The number of fused-ring (bicyclic) bond motifs is 1. The Balaban J connectivity index is 2.30. The van der Waals surface area contributed by atoms with Crippen LogP contribution in [0, 0.1) is 11.8 Å². The lowest BCUT2D eigenvalue weighted by atomic mass is 9.70. The number of Topliss-reactive ketones (excluding diaryl/α,β-unsaturated/α-hetero) is 1. The van der Waals surface area contributed by atoms with Gasteiger partial charge in [-0.25, -0.2) is 0 Å². The van der Waals surface area contributed by atoms with Crippen molar-refractivity contribution < 1.29 is 14.7 Å². The van der Waals surface area contributed by atoms with Gasteiger partial charge in [-0.3, -0.25) is 9.59 Å². The standard InChI is InChI=1S/C9H12O3S/c1-9(2)7(8(11)12)6-4(10)3-5(6)13-9/h5-7H,3H2,1-2H3,(H,11,12). The summed E-state index contributed by atoms with van der Waals surface area (Å²) in [6.45, 7) is 3.84. The minimum Gasteiger partial charge on any atom is -0.481 e. The number of carbonyl (C=O) groups is 2. The van der Waals surface area contributed by atoms with Crippen molar-refractivity contribution in [3.8, 4) is 0 Å². The van der Waals surface area contributed by atoms with Crippen LogP contribution < -0.4 is 0 Å². The average molecular weight is 200 g/mol. The molecule has 0 aromatic carbocycles. The predicted molar refractivity (Wildman–Crippen MR) is 49.7 cm³/mol. The topological polar surface area (TPSA) is 54.4 Å². The highest BCUT2D eigenvalue weighted by molar-refractivity contribution is 8.01. The van der Waals surface area contributed by atoms with Crippen molar-refractivity contribution >= 4 is 23.5 Å². The third-order valence-electron chi connectivity index (χ3n) is 3.00. The van der Waals surface area contributed by atoms with E-state index in [4.69, 9.17) is 5.11 Å². The molecule has 1 heterocycles. The Kier molecular flexibility index (Phi) is 1.74. The van der Waals surface area contributed by atoms with Crippen LogP contribution in [0.25, 0.3) is 0 Å². The molecule has 72 valence electrons. The van der Waals surface area contributed by atoms with E-state index in [0.717, 1.165) is 0 Å². The molecule has 0 aromatic heterocycles. The summed E-state index contributed by atoms with van der Waals surface area (Å²) in [5.41, 5.74) is 0. The van der Waals surface area contributed by atoms with Crippen LogP contribution in [0.3, 0.4) is 0 Å². The van der Waals surface area contributed by atoms with Crippen LogP contribution in [-0.4, -0.2) is 26.9 Å². The van der Waals surface area contributed by atoms with Gasteiger partial charge in [-0.05, 0) is 13.8 Å². The van der Waals surface area contributed by atoms with Crippen LogP contribution in [0.15, 0.2) is 0 Å². The maximum Gasteiger partial charge on any atom is 0.308 e. The van der Waals surface area contributed by atoms with Crippen LogP contribution in [0.4, 0.5) is 0 Å². The van der Waals surface area contributed by atoms with Crippen LogP contribution in [0.5, 0.6) is 0 Å². The van der Waals surface area contributed by atoms with Gasteiger partial charge in [0.05, 0.1) is 5.92 Å². The average Bonchev–Trinajstić information content (AvgIpc) is 2.18. The smallest absolute Gasteiger partial charge is 0.308 e. The van der Waals surface area contributed by atoms with Crippen molar-refractivity contribution in [2.24, 2.45) is 11.8 Å². The van der Waals surface area contributed by atoms with E-state index in [0.29, 0.717) is 6.42 Å². The highest BCUT2D eigenvalue weighted by atomic mass is 32.2. The molecule has 2 fully saturated rings. The van der Waals surface area contributed by atoms with Gasteiger partial charge in [0.25, 0.3) is 0 Å². The number of hydrogen-bond donors (Lipinski definition) is 1. The van der Waals surface area contributed by atoms with E-state index in [2.05, 4.69) is 0 Å². The van der Waals surface area contributed by atoms with E-state index in [-0.39, 0.29) is 21.7 Å². The van der Waals surface area contributed by atoms with E-state index in [9.17, 15) is 9.59 Å². The van der Waals surface area contributed by atoms with Crippen LogP contribution >= 0.6 is 11.8 Å². The van der Waals surface area contributed by atoms with Gasteiger partial charge >= 0.3 is 5.97 Å². The largest absolute Gasteiger partial charge is 0.481 e.